The second kappa shape index (κ2) is 5.95. The summed E-state index contributed by atoms with van der Waals surface area (Å²) in [4.78, 5) is 21.4. The van der Waals surface area contributed by atoms with E-state index in [0.717, 1.165) is 0 Å². The van der Waals surface area contributed by atoms with Gasteiger partial charge in [0.2, 0.25) is 5.24 Å². The van der Waals surface area contributed by atoms with Crippen molar-refractivity contribution in [2.45, 2.75) is 18.9 Å². The highest BCUT2D eigenvalue weighted by atomic mass is 35.5. The number of hydrogen-bond acceptors (Lipinski definition) is 5. The van der Waals surface area contributed by atoms with Gasteiger partial charge in [0.1, 0.15) is 12.9 Å². The van der Waals surface area contributed by atoms with Crippen LogP contribution in [0.5, 0.6) is 0 Å². The van der Waals surface area contributed by atoms with Gasteiger partial charge in [-0.05, 0) is 11.6 Å². The van der Waals surface area contributed by atoms with Crippen LogP contribution in [0.15, 0.2) is 0 Å². The first-order chi connectivity index (χ1) is 6.68. The summed E-state index contributed by atoms with van der Waals surface area (Å²) in [6.07, 6.45) is -0.380. The van der Waals surface area contributed by atoms with Gasteiger partial charge in [0, 0.05) is 6.42 Å². The smallest absolute Gasteiger partial charge is 0.306 e. The van der Waals surface area contributed by atoms with Crippen LogP contribution in [0.2, 0.25) is 0 Å². The van der Waals surface area contributed by atoms with Gasteiger partial charge < -0.3 is 14.2 Å². The molecule has 0 aromatic carbocycles. The van der Waals surface area contributed by atoms with Crippen LogP contribution < -0.4 is 0 Å². The molecule has 0 atom stereocenters. The average molecular weight is 223 g/mol. The molecule has 0 radical (unpaired) electrons. The molecule has 1 saturated heterocycles. The molecule has 0 saturated carbocycles. The van der Waals surface area contributed by atoms with Gasteiger partial charge in [-0.2, -0.15) is 0 Å². The standard InChI is InChI=1S/C8H11ClO5/c9-7(10)1-2-8(11)14-6-3-12-5-13-4-6/h6H,1-5H2. The summed E-state index contributed by atoms with van der Waals surface area (Å²) in [5.74, 6) is -0.460. The van der Waals surface area contributed by atoms with E-state index in [0.29, 0.717) is 13.2 Å². The van der Waals surface area contributed by atoms with E-state index in [1.165, 1.54) is 0 Å². The van der Waals surface area contributed by atoms with Gasteiger partial charge in [0.25, 0.3) is 0 Å². The fourth-order valence-corrected chi connectivity index (χ4v) is 1.07. The summed E-state index contributed by atoms with van der Waals surface area (Å²) in [5, 5.41) is -0.543. The molecule has 0 aromatic heterocycles. The van der Waals surface area contributed by atoms with Gasteiger partial charge in [-0.3, -0.25) is 9.59 Å². The van der Waals surface area contributed by atoms with Gasteiger partial charge in [-0.1, -0.05) is 0 Å². The third kappa shape index (κ3) is 4.55. The van der Waals surface area contributed by atoms with E-state index < -0.39 is 11.2 Å². The molecule has 0 aliphatic carbocycles. The predicted molar refractivity (Wildman–Crippen MR) is 46.7 cm³/mol. The van der Waals surface area contributed by atoms with E-state index in [4.69, 9.17) is 25.8 Å². The van der Waals surface area contributed by atoms with Crippen LogP contribution in [0.25, 0.3) is 0 Å². The van der Waals surface area contributed by atoms with E-state index in [9.17, 15) is 9.59 Å². The van der Waals surface area contributed by atoms with E-state index in [1.54, 1.807) is 0 Å². The summed E-state index contributed by atoms with van der Waals surface area (Å²) >= 11 is 5.07. The zero-order valence-corrected chi connectivity index (χ0v) is 8.29. The van der Waals surface area contributed by atoms with Crippen molar-refractivity contribution >= 4 is 22.8 Å². The van der Waals surface area contributed by atoms with Crippen LogP contribution in [-0.4, -0.2) is 37.3 Å². The van der Waals surface area contributed by atoms with Gasteiger partial charge in [0.15, 0.2) is 0 Å². The van der Waals surface area contributed by atoms with Crippen molar-refractivity contribution in [3.8, 4) is 0 Å². The average Bonchev–Trinajstić information content (AvgIpc) is 2.16. The van der Waals surface area contributed by atoms with Gasteiger partial charge in [-0.15, -0.1) is 0 Å². The van der Waals surface area contributed by atoms with Crippen molar-refractivity contribution in [2.75, 3.05) is 20.0 Å². The minimum atomic E-state index is -0.543. The number of rotatable bonds is 4. The Morgan fingerprint density at radius 3 is 2.50 bits per heavy atom. The van der Waals surface area contributed by atoms with Crippen molar-refractivity contribution in [2.24, 2.45) is 0 Å². The second-order valence-corrected chi connectivity index (χ2v) is 3.25. The molecular weight excluding hydrogens is 212 g/mol. The lowest BCUT2D eigenvalue weighted by Crippen LogP contribution is -2.33. The summed E-state index contributed by atoms with van der Waals surface area (Å²) in [6, 6.07) is 0. The number of ether oxygens (including phenoxy) is 3. The first kappa shape index (κ1) is 11.4. The highest BCUT2D eigenvalue weighted by Gasteiger charge is 2.18. The van der Waals surface area contributed by atoms with Crippen molar-refractivity contribution in [3.05, 3.63) is 0 Å². The van der Waals surface area contributed by atoms with Crippen LogP contribution in [0.4, 0.5) is 0 Å². The van der Waals surface area contributed by atoms with Crippen LogP contribution >= 0.6 is 11.6 Å². The molecule has 80 valence electrons. The molecule has 6 heteroatoms. The van der Waals surface area contributed by atoms with E-state index in [1.807, 2.05) is 0 Å². The Bertz CT molecular complexity index is 212. The first-order valence-corrected chi connectivity index (χ1v) is 4.59. The van der Waals surface area contributed by atoms with Crippen molar-refractivity contribution in [1.29, 1.82) is 0 Å². The lowest BCUT2D eigenvalue weighted by atomic mass is 10.3. The number of halogens is 1. The fraction of sp³-hybridized carbons (Fsp3) is 0.750. The maximum absolute atomic E-state index is 11.1. The zero-order chi connectivity index (χ0) is 10.4. The Morgan fingerprint density at radius 2 is 1.93 bits per heavy atom. The summed E-state index contributed by atoms with van der Waals surface area (Å²) < 4.78 is 14.8. The first-order valence-electron chi connectivity index (χ1n) is 4.22. The number of carbonyl (C=O) groups is 2. The summed E-state index contributed by atoms with van der Waals surface area (Å²) in [6.45, 7) is 0.898. The summed E-state index contributed by atoms with van der Waals surface area (Å²) in [7, 11) is 0. The normalized spacial score (nSPS) is 17.8. The zero-order valence-electron chi connectivity index (χ0n) is 7.53. The minimum absolute atomic E-state index is 0.00116. The maximum Gasteiger partial charge on any atom is 0.306 e. The van der Waals surface area contributed by atoms with E-state index in [-0.39, 0.29) is 25.7 Å². The molecule has 0 aromatic rings. The van der Waals surface area contributed by atoms with Crippen molar-refractivity contribution < 1.29 is 23.8 Å². The second-order valence-electron chi connectivity index (χ2n) is 2.83. The molecule has 1 fully saturated rings. The SMILES string of the molecule is O=C(Cl)CCC(=O)OC1COCOC1. The largest absolute Gasteiger partial charge is 0.457 e. The fourth-order valence-electron chi connectivity index (χ4n) is 0.979. The molecule has 0 unspecified atom stereocenters. The Hall–Kier alpha value is -0.650. The van der Waals surface area contributed by atoms with Crippen molar-refractivity contribution in [1.82, 2.24) is 0 Å². The van der Waals surface area contributed by atoms with Crippen LogP contribution in [0.3, 0.4) is 0 Å². The number of esters is 1. The summed E-state index contributed by atoms with van der Waals surface area (Å²) in [5.41, 5.74) is 0. The molecule has 1 aliphatic rings. The Morgan fingerprint density at radius 1 is 1.29 bits per heavy atom. The molecule has 0 amide bonds. The molecule has 0 spiro atoms. The molecule has 1 aliphatic heterocycles. The van der Waals surface area contributed by atoms with Gasteiger partial charge >= 0.3 is 5.97 Å². The molecular formula is C8H11ClO5. The highest BCUT2D eigenvalue weighted by Crippen LogP contribution is 2.05. The van der Waals surface area contributed by atoms with E-state index in [2.05, 4.69) is 0 Å². The highest BCUT2D eigenvalue weighted by molar-refractivity contribution is 6.63. The lowest BCUT2D eigenvalue weighted by molar-refractivity contribution is -0.183. The molecule has 0 N–H and O–H groups in total. The Labute approximate surface area is 86.3 Å². The molecule has 0 bridgehead atoms. The van der Waals surface area contributed by atoms with Crippen molar-refractivity contribution in [3.63, 3.8) is 0 Å². The lowest BCUT2D eigenvalue weighted by Gasteiger charge is -2.22. The van der Waals surface area contributed by atoms with E-state index >= 15 is 0 Å². The van der Waals surface area contributed by atoms with Gasteiger partial charge in [0.05, 0.1) is 19.6 Å². The Kier molecular flexibility index (Phi) is 4.86. The van der Waals surface area contributed by atoms with Crippen LogP contribution in [0.1, 0.15) is 12.8 Å². The third-order valence-electron chi connectivity index (χ3n) is 1.60. The molecule has 1 rings (SSSR count). The molecule has 14 heavy (non-hydrogen) atoms. The van der Waals surface area contributed by atoms with Gasteiger partial charge in [-0.25, -0.2) is 0 Å². The number of hydrogen-bond donors (Lipinski definition) is 0. The monoisotopic (exact) mass is 222 g/mol. The minimum Gasteiger partial charge on any atom is -0.457 e. The predicted octanol–water partition coefficient (Wildman–Crippen LogP) is 0.448. The number of carbonyl (C=O) groups excluding carboxylic acids is 2. The molecule has 5 nitrogen and oxygen atoms in total. The quantitative estimate of drug-likeness (QED) is 0.511. The maximum atomic E-state index is 11.1. The van der Waals surface area contributed by atoms with Crippen LogP contribution in [0, 0.1) is 0 Å². The Balaban J connectivity index is 2.15. The molecule has 1 heterocycles. The topological polar surface area (TPSA) is 61.8 Å². The third-order valence-corrected chi connectivity index (χ3v) is 1.79. The van der Waals surface area contributed by atoms with Crippen LogP contribution in [-0.2, 0) is 23.8 Å².